The summed E-state index contributed by atoms with van der Waals surface area (Å²) in [6, 6.07) is 5.81. The van der Waals surface area contributed by atoms with Crippen LogP contribution in [0.2, 0.25) is 0 Å². The number of hydrogen-bond acceptors (Lipinski definition) is 6. The lowest BCUT2D eigenvalue weighted by atomic mass is 9.97. The second-order valence-corrected chi connectivity index (χ2v) is 6.35. The van der Waals surface area contributed by atoms with E-state index in [1.54, 1.807) is 4.90 Å². The predicted molar refractivity (Wildman–Crippen MR) is 93.7 cm³/mol. The number of allylic oxidation sites excluding steroid dienone is 2. The molecule has 0 aliphatic carbocycles. The molecule has 1 fully saturated rings. The van der Waals surface area contributed by atoms with Crippen molar-refractivity contribution < 1.29 is 9.21 Å². The average molecular weight is 352 g/mol. The van der Waals surface area contributed by atoms with Crippen molar-refractivity contribution in [2.75, 3.05) is 13.1 Å². The number of piperidine rings is 1. The highest BCUT2D eigenvalue weighted by atomic mass is 16.4. The number of likely N-dealkylation sites (tertiary alicyclic amines) is 1. The van der Waals surface area contributed by atoms with Gasteiger partial charge in [0, 0.05) is 31.6 Å². The third kappa shape index (κ3) is 3.10. The average Bonchev–Trinajstić information content (AvgIpc) is 3.33. The van der Waals surface area contributed by atoms with Crippen molar-refractivity contribution in [3.63, 3.8) is 0 Å². The van der Waals surface area contributed by atoms with Gasteiger partial charge in [-0.2, -0.15) is 0 Å². The van der Waals surface area contributed by atoms with Crippen LogP contribution in [0.4, 0.5) is 0 Å². The van der Waals surface area contributed by atoms with Crippen LogP contribution in [0.25, 0.3) is 5.65 Å². The molecule has 134 valence electrons. The maximum Gasteiger partial charge on any atom is 0.311 e. The summed E-state index contributed by atoms with van der Waals surface area (Å²) >= 11 is 0. The molecule has 0 aromatic carbocycles. The fourth-order valence-electron chi connectivity index (χ4n) is 3.29. The number of rotatable bonds is 4. The van der Waals surface area contributed by atoms with Crippen LogP contribution < -0.4 is 0 Å². The molecule has 26 heavy (non-hydrogen) atoms. The van der Waals surface area contributed by atoms with Crippen molar-refractivity contribution in [1.82, 2.24) is 29.7 Å². The monoisotopic (exact) mass is 352 g/mol. The van der Waals surface area contributed by atoms with E-state index in [0.29, 0.717) is 25.4 Å². The molecule has 4 rings (SSSR count). The molecular formula is C18H20N6O2. The van der Waals surface area contributed by atoms with E-state index in [4.69, 9.17) is 4.42 Å². The third-order valence-electron chi connectivity index (χ3n) is 4.59. The molecular weight excluding hydrogens is 332 g/mol. The molecule has 8 heteroatoms. The number of hydrogen-bond donors (Lipinski definition) is 0. The maximum atomic E-state index is 12.7. The van der Waals surface area contributed by atoms with E-state index < -0.39 is 0 Å². The van der Waals surface area contributed by atoms with E-state index in [1.807, 2.05) is 47.9 Å². The van der Waals surface area contributed by atoms with E-state index in [9.17, 15) is 4.79 Å². The first-order valence-corrected chi connectivity index (χ1v) is 8.78. The van der Waals surface area contributed by atoms with Gasteiger partial charge in [-0.05, 0) is 31.9 Å². The number of fused-ring (bicyclic) bond motifs is 1. The first-order chi connectivity index (χ1) is 12.8. The van der Waals surface area contributed by atoms with Crippen LogP contribution in [0.1, 0.15) is 48.1 Å². The van der Waals surface area contributed by atoms with Crippen molar-refractivity contribution in [1.29, 1.82) is 0 Å². The molecule has 8 nitrogen and oxygen atoms in total. The molecule has 1 aliphatic heterocycles. The Bertz CT molecular complexity index is 944. The molecule has 0 N–H and O–H groups in total. The topological polar surface area (TPSA) is 89.4 Å². The number of aromatic nitrogens is 5. The van der Waals surface area contributed by atoms with Crippen LogP contribution in [0.5, 0.6) is 0 Å². The van der Waals surface area contributed by atoms with Gasteiger partial charge in [0.1, 0.15) is 5.82 Å². The second-order valence-electron chi connectivity index (χ2n) is 6.35. The van der Waals surface area contributed by atoms with Crippen LogP contribution in [0.15, 0.2) is 41.0 Å². The SMILES string of the molecule is C/C=C/Cc1nnc(C(=O)N2CCC[C@@H](c3nnc4ccccn34)C2)o1. The number of pyridine rings is 1. The van der Waals surface area contributed by atoms with Gasteiger partial charge in [-0.1, -0.05) is 18.2 Å². The smallest absolute Gasteiger partial charge is 0.311 e. The highest BCUT2D eigenvalue weighted by Crippen LogP contribution is 2.26. The molecule has 4 heterocycles. The Hall–Kier alpha value is -3.03. The first kappa shape index (κ1) is 16.4. The summed E-state index contributed by atoms with van der Waals surface area (Å²) in [4.78, 5) is 14.5. The van der Waals surface area contributed by atoms with Crippen molar-refractivity contribution in [3.05, 3.63) is 54.2 Å². The van der Waals surface area contributed by atoms with E-state index >= 15 is 0 Å². The summed E-state index contributed by atoms with van der Waals surface area (Å²) in [5.41, 5.74) is 0.816. The summed E-state index contributed by atoms with van der Waals surface area (Å²) < 4.78 is 7.49. The first-order valence-electron chi connectivity index (χ1n) is 8.78. The molecule has 3 aromatic rings. The molecule has 1 amide bonds. The molecule has 3 aromatic heterocycles. The fraction of sp³-hybridized carbons (Fsp3) is 0.389. The molecule has 0 saturated carbocycles. The van der Waals surface area contributed by atoms with Gasteiger partial charge in [0.15, 0.2) is 5.65 Å². The van der Waals surface area contributed by atoms with Crippen LogP contribution >= 0.6 is 0 Å². The lowest BCUT2D eigenvalue weighted by Crippen LogP contribution is -2.39. The van der Waals surface area contributed by atoms with E-state index in [2.05, 4.69) is 20.4 Å². The largest absolute Gasteiger partial charge is 0.417 e. The summed E-state index contributed by atoms with van der Waals surface area (Å²) in [5.74, 6) is 1.30. The van der Waals surface area contributed by atoms with Gasteiger partial charge in [-0.25, -0.2) is 0 Å². The third-order valence-corrected chi connectivity index (χ3v) is 4.59. The lowest BCUT2D eigenvalue weighted by molar-refractivity contribution is 0.0662. The van der Waals surface area contributed by atoms with E-state index in [0.717, 1.165) is 24.3 Å². The zero-order valence-corrected chi connectivity index (χ0v) is 14.6. The summed E-state index contributed by atoms with van der Waals surface area (Å²) in [6.45, 7) is 3.17. The maximum absolute atomic E-state index is 12.7. The number of nitrogens with zero attached hydrogens (tertiary/aromatic N) is 6. The number of carbonyl (C=O) groups excluding carboxylic acids is 1. The highest BCUT2D eigenvalue weighted by Gasteiger charge is 2.30. The van der Waals surface area contributed by atoms with Crippen molar-refractivity contribution in [2.24, 2.45) is 0 Å². The number of carbonyl (C=O) groups is 1. The molecule has 0 spiro atoms. The van der Waals surface area contributed by atoms with Crippen LogP contribution in [0.3, 0.4) is 0 Å². The van der Waals surface area contributed by atoms with Crippen molar-refractivity contribution in [3.8, 4) is 0 Å². The van der Waals surface area contributed by atoms with Gasteiger partial charge in [0.05, 0.1) is 0 Å². The van der Waals surface area contributed by atoms with Crippen molar-refractivity contribution in [2.45, 2.75) is 32.1 Å². The Morgan fingerprint density at radius 2 is 2.23 bits per heavy atom. The van der Waals surface area contributed by atoms with Crippen molar-refractivity contribution >= 4 is 11.6 Å². The van der Waals surface area contributed by atoms with Gasteiger partial charge >= 0.3 is 11.8 Å². The van der Waals surface area contributed by atoms with Crippen LogP contribution in [0, 0.1) is 0 Å². The quantitative estimate of drug-likeness (QED) is 0.669. The molecule has 1 atom stereocenters. The Morgan fingerprint density at radius 1 is 1.31 bits per heavy atom. The Kier molecular flexibility index (Phi) is 4.47. The minimum absolute atomic E-state index is 0.0521. The number of amides is 1. The Balaban J connectivity index is 1.51. The summed E-state index contributed by atoms with van der Waals surface area (Å²) in [6.07, 6.45) is 8.18. The molecule has 1 saturated heterocycles. The van der Waals surface area contributed by atoms with Gasteiger partial charge in [0.25, 0.3) is 0 Å². The van der Waals surface area contributed by atoms with E-state index in [-0.39, 0.29) is 17.7 Å². The molecule has 0 unspecified atom stereocenters. The Morgan fingerprint density at radius 3 is 3.12 bits per heavy atom. The summed E-state index contributed by atoms with van der Waals surface area (Å²) in [5, 5.41) is 16.4. The Labute approximate surface area is 150 Å². The van der Waals surface area contributed by atoms with Gasteiger partial charge in [-0.3, -0.25) is 9.20 Å². The van der Waals surface area contributed by atoms with Crippen LogP contribution in [-0.4, -0.2) is 48.7 Å². The minimum atomic E-state index is -0.220. The highest BCUT2D eigenvalue weighted by molar-refractivity contribution is 5.89. The zero-order valence-electron chi connectivity index (χ0n) is 14.6. The zero-order chi connectivity index (χ0) is 17.9. The predicted octanol–water partition coefficient (Wildman–Crippen LogP) is 2.25. The van der Waals surface area contributed by atoms with Gasteiger partial charge in [0.2, 0.25) is 5.89 Å². The standard InChI is InChI=1S/C18H20N6O2/c1-2-3-9-15-20-22-17(26-15)18(25)23-10-6-7-13(12-23)16-21-19-14-8-4-5-11-24(14)16/h2-5,8,11,13H,6-7,9-10,12H2,1H3/b3-2+/t13-/m1/s1. The normalized spacial score (nSPS) is 18.0. The summed E-state index contributed by atoms with van der Waals surface area (Å²) in [7, 11) is 0. The van der Waals surface area contributed by atoms with Gasteiger partial charge < -0.3 is 9.32 Å². The van der Waals surface area contributed by atoms with Gasteiger partial charge in [-0.15, -0.1) is 20.4 Å². The second kappa shape index (κ2) is 7.07. The molecule has 1 aliphatic rings. The molecule has 0 radical (unpaired) electrons. The van der Waals surface area contributed by atoms with E-state index in [1.165, 1.54) is 0 Å². The molecule has 0 bridgehead atoms. The minimum Gasteiger partial charge on any atom is -0.417 e. The fourth-order valence-corrected chi connectivity index (χ4v) is 3.29. The lowest BCUT2D eigenvalue weighted by Gasteiger charge is -2.30. The van der Waals surface area contributed by atoms with Crippen LogP contribution in [-0.2, 0) is 6.42 Å².